The molecule has 0 aliphatic carbocycles. The van der Waals surface area contributed by atoms with Crippen LogP contribution in [0.2, 0.25) is 0 Å². The molecule has 0 spiro atoms. The molecule has 134 valence electrons. The van der Waals surface area contributed by atoms with E-state index in [4.69, 9.17) is 13.8 Å². The zero-order valence-corrected chi connectivity index (χ0v) is 16.2. The van der Waals surface area contributed by atoms with Crippen molar-refractivity contribution in [1.29, 1.82) is 0 Å². The van der Waals surface area contributed by atoms with Gasteiger partial charge in [-0.3, -0.25) is 0 Å². The van der Waals surface area contributed by atoms with E-state index < -0.39 is 0 Å². The van der Waals surface area contributed by atoms with Crippen LogP contribution in [-0.4, -0.2) is 9.97 Å². The Kier molecular flexibility index (Phi) is 3.52. The van der Waals surface area contributed by atoms with Crippen molar-refractivity contribution in [3.63, 3.8) is 0 Å². The van der Waals surface area contributed by atoms with Gasteiger partial charge in [-0.05, 0) is 34.6 Å². The number of aromatic nitrogens is 2. The molecule has 0 atom stereocenters. The minimum Gasteiger partial charge on any atom is -0.443 e. The summed E-state index contributed by atoms with van der Waals surface area (Å²) in [6, 6.07) is 10.1. The van der Waals surface area contributed by atoms with Crippen LogP contribution in [0.4, 0.5) is 0 Å². The Bertz CT molecular complexity index is 1100. The number of benzene rings is 2. The molecule has 4 nitrogen and oxygen atoms in total. The lowest BCUT2D eigenvalue weighted by Crippen LogP contribution is -2.13. The van der Waals surface area contributed by atoms with Gasteiger partial charge >= 0.3 is 0 Å². The first kappa shape index (κ1) is 16.8. The molecule has 0 radical (unpaired) electrons. The van der Waals surface area contributed by atoms with Gasteiger partial charge in [0.25, 0.3) is 0 Å². The van der Waals surface area contributed by atoms with Crippen LogP contribution in [0.25, 0.3) is 33.7 Å². The van der Waals surface area contributed by atoms with E-state index in [9.17, 15) is 0 Å². The van der Waals surface area contributed by atoms with Gasteiger partial charge in [-0.15, -0.1) is 0 Å². The fraction of sp³-hybridized carbons (Fsp3) is 0.364. The molecular weight excluding hydrogens is 324 g/mol. The van der Waals surface area contributed by atoms with Crippen LogP contribution in [0, 0.1) is 0 Å². The van der Waals surface area contributed by atoms with Crippen LogP contribution in [0.1, 0.15) is 52.7 Å². The highest BCUT2D eigenvalue weighted by Gasteiger charge is 2.27. The molecule has 2 aromatic carbocycles. The van der Waals surface area contributed by atoms with Gasteiger partial charge in [-0.25, -0.2) is 9.97 Å². The van der Waals surface area contributed by atoms with Crippen molar-refractivity contribution in [2.75, 3.05) is 0 Å². The molecule has 26 heavy (non-hydrogen) atoms. The molecule has 0 amide bonds. The highest BCUT2D eigenvalue weighted by atomic mass is 16.3. The van der Waals surface area contributed by atoms with Gasteiger partial charge in [-0.2, -0.15) is 0 Å². The third kappa shape index (κ3) is 2.61. The zero-order valence-electron chi connectivity index (χ0n) is 16.2. The average molecular weight is 348 g/mol. The number of nitrogens with zero attached hydrogens (tertiary/aromatic N) is 2. The number of oxazole rings is 2. The zero-order chi connectivity index (χ0) is 18.7. The number of rotatable bonds is 1. The van der Waals surface area contributed by atoms with Crippen molar-refractivity contribution in [1.82, 2.24) is 9.97 Å². The molecule has 4 rings (SSSR count). The topological polar surface area (TPSA) is 52.1 Å². The van der Waals surface area contributed by atoms with Crippen molar-refractivity contribution < 1.29 is 8.83 Å². The van der Waals surface area contributed by atoms with Crippen LogP contribution in [0.5, 0.6) is 0 Å². The minimum absolute atomic E-state index is 0.00457. The molecule has 0 aliphatic rings. The second-order valence-corrected chi connectivity index (χ2v) is 8.86. The van der Waals surface area contributed by atoms with E-state index in [1.807, 2.05) is 24.3 Å². The molecule has 4 heteroatoms. The first-order valence-corrected chi connectivity index (χ1v) is 8.93. The highest BCUT2D eigenvalue weighted by molar-refractivity contribution is 5.87. The van der Waals surface area contributed by atoms with Crippen molar-refractivity contribution in [2.45, 2.75) is 52.4 Å². The van der Waals surface area contributed by atoms with E-state index in [2.05, 4.69) is 52.6 Å². The van der Waals surface area contributed by atoms with Crippen LogP contribution in [0.15, 0.2) is 45.6 Å². The SMILES string of the molecule is CC(C)(C)c1cccc2oc(-c3ccc4ncoc4c3C(C)(C)C)nc12. The van der Waals surface area contributed by atoms with Crippen LogP contribution >= 0.6 is 0 Å². The lowest BCUT2D eigenvalue weighted by atomic mass is 9.83. The fourth-order valence-corrected chi connectivity index (χ4v) is 3.52. The van der Waals surface area contributed by atoms with Crippen molar-refractivity contribution in [3.8, 4) is 11.5 Å². The van der Waals surface area contributed by atoms with Gasteiger partial charge in [-0.1, -0.05) is 53.7 Å². The molecule has 0 fully saturated rings. The Morgan fingerprint density at radius 3 is 2.35 bits per heavy atom. The Hall–Kier alpha value is -2.62. The quantitative estimate of drug-likeness (QED) is 0.409. The molecule has 2 aromatic heterocycles. The van der Waals surface area contributed by atoms with Crippen LogP contribution in [0.3, 0.4) is 0 Å². The molecule has 0 saturated heterocycles. The Morgan fingerprint density at radius 1 is 0.885 bits per heavy atom. The summed E-state index contributed by atoms with van der Waals surface area (Å²) in [6.45, 7) is 13.1. The molecule has 0 unspecified atom stereocenters. The number of hydrogen-bond acceptors (Lipinski definition) is 4. The van der Waals surface area contributed by atoms with Gasteiger partial charge < -0.3 is 8.83 Å². The third-order valence-electron chi connectivity index (χ3n) is 4.71. The standard InChI is InChI=1S/C22H24N2O2/c1-21(2,3)14-8-7-9-16-18(14)24-20(26-16)13-10-11-15-19(25-12-23-15)17(13)22(4,5)6/h7-12H,1-6H3. The fourth-order valence-electron chi connectivity index (χ4n) is 3.52. The molecule has 4 aromatic rings. The van der Waals surface area contributed by atoms with E-state index >= 15 is 0 Å². The summed E-state index contributed by atoms with van der Waals surface area (Å²) in [6.07, 6.45) is 1.49. The maximum Gasteiger partial charge on any atom is 0.227 e. The summed E-state index contributed by atoms with van der Waals surface area (Å²) in [7, 11) is 0. The summed E-state index contributed by atoms with van der Waals surface area (Å²) in [5.74, 6) is 0.625. The monoisotopic (exact) mass is 348 g/mol. The normalized spacial score (nSPS) is 13.0. The maximum absolute atomic E-state index is 6.18. The number of fused-ring (bicyclic) bond motifs is 2. The summed E-state index contributed by atoms with van der Waals surface area (Å²) in [4.78, 5) is 9.19. The predicted molar refractivity (Wildman–Crippen MR) is 104 cm³/mol. The van der Waals surface area contributed by atoms with Crippen molar-refractivity contribution >= 4 is 22.2 Å². The van der Waals surface area contributed by atoms with E-state index in [1.54, 1.807) is 0 Å². The number of hydrogen-bond donors (Lipinski definition) is 0. The lowest BCUT2D eigenvalue weighted by Gasteiger charge is -2.21. The summed E-state index contributed by atoms with van der Waals surface area (Å²) in [5, 5.41) is 0. The Morgan fingerprint density at radius 2 is 1.65 bits per heavy atom. The molecule has 0 N–H and O–H groups in total. The summed E-state index contributed by atoms with van der Waals surface area (Å²) < 4.78 is 11.9. The molecule has 0 saturated carbocycles. The smallest absolute Gasteiger partial charge is 0.227 e. The first-order chi connectivity index (χ1) is 12.2. The predicted octanol–water partition coefficient (Wildman–Crippen LogP) is 6.23. The van der Waals surface area contributed by atoms with Gasteiger partial charge in [0.05, 0.1) is 0 Å². The first-order valence-electron chi connectivity index (χ1n) is 8.93. The van der Waals surface area contributed by atoms with Gasteiger partial charge in [0, 0.05) is 11.1 Å². The molecule has 2 heterocycles. The van der Waals surface area contributed by atoms with E-state index in [1.165, 1.54) is 12.0 Å². The van der Waals surface area contributed by atoms with Crippen LogP contribution in [-0.2, 0) is 10.8 Å². The summed E-state index contributed by atoms with van der Waals surface area (Å²) in [5.41, 5.74) is 6.45. The van der Waals surface area contributed by atoms with Crippen molar-refractivity contribution in [3.05, 3.63) is 47.9 Å². The van der Waals surface area contributed by atoms with Crippen LogP contribution < -0.4 is 0 Å². The Balaban J connectivity index is 2.02. The largest absolute Gasteiger partial charge is 0.443 e. The van der Waals surface area contributed by atoms with E-state index in [0.29, 0.717) is 5.89 Å². The van der Waals surface area contributed by atoms with Gasteiger partial charge in [0.2, 0.25) is 5.89 Å². The van der Waals surface area contributed by atoms with E-state index in [-0.39, 0.29) is 10.8 Å². The highest BCUT2D eigenvalue weighted by Crippen LogP contribution is 2.40. The minimum atomic E-state index is -0.137. The van der Waals surface area contributed by atoms with E-state index in [0.717, 1.165) is 33.3 Å². The third-order valence-corrected chi connectivity index (χ3v) is 4.71. The summed E-state index contributed by atoms with van der Waals surface area (Å²) >= 11 is 0. The second kappa shape index (κ2) is 5.44. The second-order valence-electron chi connectivity index (χ2n) is 8.86. The average Bonchev–Trinajstić information content (AvgIpc) is 3.17. The molecule has 0 bridgehead atoms. The van der Waals surface area contributed by atoms with Gasteiger partial charge in [0.15, 0.2) is 17.6 Å². The molecular formula is C22H24N2O2. The number of para-hydroxylation sites is 1. The molecule has 0 aliphatic heterocycles. The van der Waals surface area contributed by atoms with Gasteiger partial charge in [0.1, 0.15) is 11.0 Å². The lowest BCUT2D eigenvalue weighted by molar-refractivity contribution is 0.550. The maximum atomic E-state index is 6.18. The Labute approximate surface area is 153 Å². The van der Waals surface area contributed by atoms with Crippen molar-refractivity contribution in [2.24, 2.45) is 0 Å².